The van der Waals surface area contributed by atoms with Crippen LogP contribution in [0.5, 0.6) is 0 Å². The summed E-state index contributed by atoms with van der Waals surface area (Å²) in [6.07, 6.45) is 4.61. The minimum Gasteiger partial charge on any atom is -0.342 e. The van der Waals surface area contributed by atoms with Gasteiger partial charge < -0.3 is 4.90 Å². The number of nitrogens with zero attached hydrogens (tertiary/aromatic N) is 1. The summed E-state index contributed by atoms with van der Waals surface area (Å²) in [4.78, 5) is 2.80. The fraction of sp³-hybridized carbons (Fsp3) is 0.308. The molecule has 1 aliphatic heterocycles. The molecule has 0 saturated carbocycles. The Kier molecular flexibility index (Phi) is 3.52. The Labute approximate surface area is 105 Å². The zero-order chi connectivity index (χ0) is 12.4. The minimum atomic E-state index is -0.537. The van der Waals surface area contributed by atoms with Gasteiger partial charge in [0.05, 0.1) is 4.99 Å². The Bertz CT molecular complexity index is 450. The van der Waals surface area contributed by atoms with Crippen molar-refractivity contribution in [1.82, 2.24) is 4.90 Å². The van der Waals surface area contributed by atoms with Crippen LogP contribution in [0.2, 0.25) is 0 Å². The third kappa shape index (κ3) is 2.69. The molecule has 1 atom stereocenters. The molecule has 0 amide bonds. The highest BCUT2D eigenvalue weighted by Crippen LogP contribution is 2.26. The van der Waals surface area contributed by atoms with Crippen LogP contribution in [0.1, 0.15) is 24.8 Å². The summed E-state index contributed by atoms with van der Waals surface area (Å²) in [5.74, 6) is -1.07. The maximum atomic E-state index is 13.1. The van der Waals surface area contributed by atoms with Gasteiger partial charge in [-0.3, -0.25) is 0 Å². The fourth-order valence-corrected chi connectivity index (χ4v) is 2.07. The molecule has 1 heterocycles. The van der Waals surface area contributed by atoms with Crippen LogP contribution in [0.3, 0.4) is 0 Å². The monoisotopic (exact) mass is 253 g/mol. The molecule has 1 unspecified atom stereocenters. The summed E-state index contributed by atoms with van der Waals surface area (Å²) >= 11 is 5.20. The lowest BCUT2D eigenvalue weighted by molar-refractivity contribution is 0.555. The third-order valence-electron chi connectivity index (χ3n) is 2.83. The topological polar surface area (TPSA) is 3.24 Å². The van der Waals surface area contributed by atoms with E-state index in [1.54, 1.807) is 0 Å². The first kappa shape index (κ1) is 12.2. The zero-order valence-electron chi connectivity index (χ0n) is 9.49. The molecule has 0 N–H and O–H groups in total. The van der Waals surface area contributed by atoms with Gasteiger partial charge in [-0.1, -0.05) is 25.2 Å². The van der Waals surface area contributed by atoms with Gasteiger partial charge in [0.1, 0.15) is 11.6 Å². The third-order valence-corrected chi connectivity index (χ3v) is 3.35. The van der Waals surface area contributed by atoms with Gasteiger partial charge in [0, 0.05) is 24.7 Å². The van der Waals surface area contributed by atoms with E-state index >= 15 is 0 Å². The molecule has 1 aromatic rings. The number of benzene rings is 1. The van der Waals surface area contributed by atoms with Crippen molar-refractivity contribution >= 4 is 17.2 Å². The Morgan fingerprint density at radius 2 is 2.00 bits per heavy atom. The first-order valence-electron chi connectivity index (χ1n) is 5.54. The molecule has 90 valence electrons. The fourth-order valence-electron chi connectivity index (χ4n) is 1.94. The van der Waals surface area contributed by atoms with Gasteiger partial charge in [-0.15, -0.1) is 0 Å². The molecule has 1 aromatic carbocycles. The minimum absolute atomic E-state index is 0.00435. The standard InChI is InChI=1S/C13H13F2NS/c1-2-13(17)16-4-3-9(8-16)10-5-11(14)7-12(15)6-10/h3-7,9H,2,8H2,1H3. The molecule has 0 radical (unpaired) electrons. The van der Waals surface area contributed by atoms with Crippen molar-refractivity contribution in [2.75, 3.05) is 6.54 Å². The van der Waals surface area contributed by atoms with Crippen molar-refractivity contribution < 1.29 is 8.78 Å². The Hall–Kier alpha value is -1.29. The van der Waals surface area contributed by atoms with Gasteiger partial charge in [0.15, 0.2) is 0 Å². The Morgan fingerprint density at radius 1 is 1.35 bits per heavy atom. The molecule has 0 bridgehead atoms. The van der Waals surface area contributed by atoms with Crippen LogP contribution in [-0.4, -0.2) is 16.4 Å². The second-order valence-electron chi connectivity index (χ2n) is 4.05. The molecular weight excluding hydrogens is 240 g/mol. The predicted octanol–water partition coefficient (Wildman–Crippen LogP) is 3.62. The molecule has 2 rings (SSSR count). The summed E-state index contributed by atoms with van der Waals surface area (Å²) in [5, 5.41) is 0. The van der Waals surface area contributed by atoms with E-state index < -0.39 is 11.6 Å². The van der Waals surface area contributed by atoms with E-state index in [4.69, 9.17) is 12.2 Å². The normalized spacial score (nSPS) is 18.8. The van der Waals surface area contributed by atoms with E-state index in [0.717, 1.165) is 17.5 Å². The van der Waals surface area contributed by atoms with Crippen LogP contribution < -0.4 is 0 Å². The summed E-state index contributed by atoms with van der Waals surface area (Å²) in [7, 11) is 0. The average molecular weight is 253 g/mol. The lowest BCUT2D eigenvalue weighted by Gasteiger charge is -2.18. The number of hydrogen-bond donors (Lipinski definition) is 0. The largest absolute Gasteiger partial charge is 0.342 e. The average Bonchev–Trinajstić information content (AvgIpc) is 2.76. The smallest absolute Gasteiger partial charge is 0.126 e. The number of rotatable bonds is 2. The highest BCUT2D eigenvalue weighted by molar-refractivity contribution is 7.80. The lowest BCUT2D eigenvalue weighted by Crippen LogP contribution is -2.23. The SMILES string of the molecule is CCC(=S)N1C=CC(c2cc(F)cc(F)c2)C1. The molecule has 0 spiro atoms. The van der Waals surface area contributed by atoms with Crippen LogP contribution in [-0.2, 0) is 0 Å². The van der Waals surface area contributed by atoms with Crippen molar-refractivity contribution in [3.63, 3.8) is 0 Å². The van der Waals surface area contributed by atoms with Crippen molar-refractivity contribution in [2.45, 2.75) is 19.3 Å². The van der Waals surface area contributed by atoms with E-state index in [0.29, 0.717) is 12.1 Å². The van der Waals surface area contributed by atoms with E-state index in [1.165, 1.54) is 12.1 Å². The summed E-state index contributed by atoms with van der Waals surface area (Å²) in [6.45, 7) is 2.65. The lowest BCUT2D eigenvalue weighted by atomic mass is 10.0. The van der Waals surface area contributed by atoms with Crippen LogP contribution in [0.25, 0.3) is 0 Å². The van der Waals surface area contributed by atoms with Crippen LogP contribution in [0.15, 0.2) is 30.5 Å². The van der Waals surface area contributed by atoms with Crippen molar-refractivity contribution in [3.8, 4) is 0 Å². The Balaban J connectivity index is 2.16. The second-order valence-corrected chi connectivity index (χ2v) is 4.52. The second kappa shape index (κ2) is 4.92. The van der Waals surface area contributed by atoms with Gasteiger partial charge in [-0.25, -0.2) is 8.78 Å². The number of halogens is 2. The summed E-state index contributed by atoms with van der Waals surface area (Å²) in [5.41, 5.74) is 0.653. The van der Waals surface area contributed by atoms with E-state index in [2.05, 4.69) is 0 Å². The molecule has 1 aliphatic rings. The van der Waals surface area contributed by atoms with E-state index in [9.17, 15) is 8.78 Å². The molecule has 4 heteroatoms. The highest BCUT2D eigenvalue weighted by Gasteiger charge is 2.20. The maximum Gasteiger partial charge on any atom is 0.126 e. The van der Waals surface area contributed by atoms with Gasteiger partial charge in [-0.05, 0) is 24.1 Å². The van der Waals surface area contributed by atoms with Gasteiger partial charge in [0.2, 0.25) is 0 Å². The molecule has 17 heavy (non-hydrogen) atoms. The molecule has 1 nitrogen and oxygen atoms in total. The number of hydrogen-bond acceptors (Lipinski definition) is 1. The van der Waals surface area contributed by atoms with E-state index in [-0.39, 0.29) is 5.92 Å². The van der Waals surface area contributed by atoms with Crippen LogP contribution in [0, 0.1) is 11.6 Å². The summed E-state index contributed by atoms with van der Waals surface area (Å²) in [6, 6.07) is 3.63. The van der Waals surface area contributed by atoms with Crippen molar-refractivity contribution in [1.29, 1.82) is 0 Å². The molecule has 0 saturated heterocycles. The van der Waals surface area contributed by atoms with Crippen LogP contribution >= 0.6 is 12.2 Å². The first-order chi connectivity index (χ1) is 8.10. The van der Waals surface area contributed by atoms with Crippen molar-refractivity contribution in [3.05, 3.63) is 47.7 Å². The Morgan fingerprint density at radius 3 is 2.59 bits per heavy atom. The van der Waals surface area contributed by atoms with Gasteiger partial charge in [-0.2, -0.15) is 0 Å². The van der Waals surface area contributed by atoms with Gasteiger partial charge >= 0.3 is 0 Å². The first-order valence-corrected chi connectivity index (χ1v) is 5.94. The molecule has 0 fully saturated rings. The zero-order valence-corrected chi connectivity index (χ0v) is 10.3. The highest BCUT2D eigenvalue weighted by atomic mass is 32.1. The van der Waals surface area contributed by atoms with Crippen molar-refractivity contribution in [2.24, 2.45) is 0 Å². The van der Waals surface area contributed by atoms with E-state index in [1.807, 2.05) is 24.1 Å². The van der Waals surface area contributed by atoms with Crippen LogP contribution in [0.4, 0.5) is 8.78 Å². The molecule has 0 aromatic heterocycles. The maximum absolute atomic E-state index is 13.1. The predicted molar refractivity (Wildman–Crippen MR) is 67.8 cm³/mol. The summed E-state index contributed by atoms with van der Waals surface area (Å²) < 4.78 is 26.2. The quantitative estimate of drug-likeness (QED) is 0.741. The molecule has 0 aliphatic carbocycles. The number of thiocarbonyl (C=S) groups is 1. The van der Waals surface area contributed by atoms with Gasteiger partial charge in [0.25, 0.3) is 0 Å². The molecular formula is C13H13F2NS.